The van der Waals surface area contributed by atoms with Gasteiger partial charge >= 0.3 is 0 Å². The number of alkyl halides is 1. The normalized spacial score (nSPS) is 12.1. The summed E-state index contributed by atoms with van der Waals surface area (Å²) in [5.41, 5.74) is 2.79. The van der Waals surface area contributed by atoms with Gasteiger partial charge in [-0.15, -0.1) is 0 Å². The first-order chi connectivity index (χ1) is 6.74. The quantitative estimate of drug-likeness (QED) is 0.674. The molecule has 1 aromatic rings. The van der Waals surface area contributed by atoms with Gasteiger partial charge in [0, 0.05) is 5.92 Å². The summed E-state index contributed by atoms with van der Waals surface area (Å²) < 4.78 is 12.5. The highest BCUT2D eigenvalue weighted by Crippen LogP contribution is 2.24. The van der Waals surface area contributed by atoms with Gasteiger partial charge in [0.1, 0.15) is 0 Å². The summed E-state index contributed by atoms with van der Waals surface area (Å²) in [6.07, 6.45) is 3.46. The molecule has 0 saturated heterocycles. The predicted molar refractivity (Wildman–Crippen MR) is 60.7 cm³/mol. The number of rotatable bonds is 4. The molecule has 0 aliphatic heterocycles. The van der Waals surface area contributed by atoms with Crippen LogP contribution >= 0.6 is 0 Å². The molecule has 0 heterocycles. The van der Waals surface area contributed by atoms with Crippen molar-refractivity contribution in [2.45, 2.75) is 5.92 Å². The first-order valence-electron chi connectivity index (χ1n) is 4.51. The molecule has 1 atom stereocenters. The van der Waals surface area contributed by atoms with Gasteiger partial charge in [-0.3, -0.25) is 4.39 Å². The van der Waals surface area contributed by atoms with Crippen LogP contribution in [-0.4, -0.2) is 6.67 Å². The van der Waals surface area contributed by atoms with Crippen molar-refractivity contribution in [3.05, 3.63) is 55.0 Å². The first-order valence-corrected chi connectivity index (χ1v) is 4.51. The minimum absolute atomic E-state index is 0.331. The van der Waals surface area contributed by atoms with E-state index in [-0.39, 0.29) is 5.92 Å². The molecule has 1 radical (unpaired) electrons. The SMILES string of the molecule is [CH2]C(CF)c1cccc(C=C)c1C=C. The smallest absolute Gasteiger partial charge is 0.0963 e. The monoisotopic (exact) mass is 189 g/mol. The molecule has 0 nitrogen and oxygen atoms in total. The predicted octanol–water partition coefficient (Wildman–Crippen LogP) is 3.86. The van der Waals surface area contributed by atoms with Gasteiger partial charge in [0.15, 0.2) is 0 Å². The molecule has 1 heteroatoms. The largest absolute Gasteiger partial charge is 0.250 e. The number of halogens is 1. The summed E-state index contributed by atoms with van der Waals surface area (Å²) in [6.45, 7) is 10.7. The highest BCUT2D eigenvalue weighted by Gasteiger charge is 2.10. The van der Waals surface area contributed by atoms with E-state index < -0.39 is 6.67 Å². The second-order valence-electron chi connectivity index (χ2n) is 3.11. The Kier molecular flexibility index (Phi) is 3.63. The third kappa shape index (κ3) is 1.92. The molecule has 0 fully saturated rings. The number of hydrogen-bond acceptors (Lipinski definition) is 0. The summed E-state index contributed by atoms with van der Waals surface area (Å²) in [6, 6.07) is 5.69. The summed E-state index contributed by atoms with van der Waals surface area (Å²) in [7, 11) is 0. The third-order valence-corrected chi connectivity index (χ3v) is 2.22. The lowest BCUT2D eigenvalue weighted by atomic mass is 9.93. The Morgan fingerprint density at radius 2 is 2.00 bits per heavy atom. The minimum atomic E-state index is -0.457. The van der Waals surface area contributed by atoms with Crippen molar-refractivity contribution in [3.8, 4) is 0 Å². The van der Waals surface area contributed by atoms with Crippen molar-refractivity contribution in [2.24, 2.45) is 0 Å². The molecule has 1 rings (SSSR count). The van der Waals surface area contributed by atoms with E-state index in [0.717, 1.165) is 16.7 Å². The van der Waals surface area contributed by atoms with Crippen molar-refractivity contribution in [2.75, 3.05) is 6.67 Å². The summed E-state index contributed by atoms with van der Waals surface area (Å²) in [4.78, 5) is 0. The van der Waals surface area contributed by atoms with Crippen molar-refractivity contribution in [1.29, 1.82) is 0 Å². The van der Waals surface area contributed by atoms with Gasteiger partial charge < -0.3 is 0 Å². The maximum absolute atomic E-state index is 12.5. The van der Waals surface area contributed by atoms with E-state index in [1.807, 2.05) is 18.2 Å². The van der Waals surface area contributed by atoms with Gasteiger partial charge in [-0.1, -0.05) is 43.5 Å². The Hall–Kier alpha value is -1.37. The second-order valence-corrected chi connectivity index (χ2v) is 3.11. The third-order valence-electron chi connectivity index (χ3n) is 2.22. The first kappa shape index (κ1) is 10.7. The Morgan fingerprint density at radius 1 is 1.29 bits per heavy atom. The fourth-order valence-corrected chi connectivity index (χ4v) is 1.45. The lowest BCUT2D eigenvalue weighted by Crippen LogP contribution is -2.00. The number of benzene rings is 1. The Balaban J connectivity index is 3.28. The molecule has 0 aromatic heterocycles. The zero-order valence-corrected chi connectivity index (χ0v) is 8.17. The summed E-state index contributed by atoms with van der Waals surface area (Å²) in [5, 5.41) is 0. The van der Waals surface area contributed by atoms with E-state index in [0.29, 0.717) is 0 Å². The van der Waals surface area contributed by atoms with Crippen LogP contribution in [0, 0.1) is 6.92 Å². The van der Waals surface area contributed by atoms with Crippen LogP contribution in [0.25, 0.3) is 12.2 Å². The lowest BCUT2D eigenvalue weighted by Gasteiger charge is -2.13. The second kappa shape index (κ2) is 4.75. The van der Waals surface area contributed by atoms with Gasteiger partial charge in [0.05, 0.1) is 6.67 Å². The molecule has 0 aliphatic carbocycles. The molecule has 1 aromatic carbocycles. The van der Waals surface area contributed by atoms with Crippen molar-refractivity contribution >= 4 is 12.2 Å². The zero-order chi connectivity index (χ0) is 10.6. The molecule has 0 bridgehead atoms. The minimum Gasteiger partial charge on any atom is -0.250 e. The van der Waals surface area contributed by atoms with Crippen LogP contribution in [-0.2, 0) is 0 Å². The molecule has 14 heavy (non-hydrogen) atoms. The fourth-order valence-electron chi connectivity index (χ4n) is 1.45. The maximum Gasteiger partial charge on any atom is 0.0963 e. The molecule has 0 saturated carbocycles. The van der Waals surface area contributed by atoms with Crippen LogP contribution < -0.4 is 0 Å². The van der Waals surface area contributed by atoms with Crippen LogP contribution in [0.3, 0.4) is 0 Å². The van der Waals surface area contributed by atoms with Gasteiger partial charge in [-0.2, -0.15) is 0 Å². The Labute approximate surface area is 84.8 Å². The number of hydrogen-bond donors (Lipinski definition) is 0. The van der Waals surface area contributed by atoms with E-state index in [4.69, 9.17) is 0 Å². The van der Waals surface area contributed by atoms with Crippen LogP contribution in [0.2, 0.25) is 0 Å². The van der Waals surface area contributed by atoms with Gasteiger partial charge in [-0.05, 0) is 23.6 Å². The maximum atomic E-state index is 12.5. The van der Waals surface area contributed by atoms with E-state index in [1.165, 1.54) is 0 Å². The molecule has 1 unspecified atom stereocenters. The summed E-state index contributed by atoms with van der Waals surface area (Å²) in [5.74, 6) is -0.331. The van der Waals surface area contributed by atoms with E-state index in [9.17, 15) is 4.39 Å². The zero-order valence-electron chi connectivity index (χ0n) is 8.17. The van der Waals surface area contributed by atoms with E-state index in [2.05, 4.69) is 20.1 Å². The van der Waals surface area contributed by atoms with Gasteiger partial charge in [0.25, 0.3) is 0 Å². The molecule has 0 N–H and O–H groups in total. The topological polar surface area (TPSA) is 0 Å². The van der Waals surface area contributed by atoms with E-state index >= 15 is 0 Å². The lowest BCUT2D eigenvalue weighted by molar-refractivity contribution is 0.465. The van der Waals surface area contributed by atoms with Crippen molar-refractivity contribution in [1.82, 2.24) is 0 Å². The highest BCUT2D eigenvalue weighted by atomic mass is 19.1. The molecular formula is C13H14F. The van der Waals surface area contributed by atoms with Gasteiger partial charge in [0.2, 0.25) is 0 Å². The summed E-state index contributed by atoms with van der Waals surface area (Å²) >= 11 is 0. The molecule has 73 valence electrons. The van der Waals surface area contributed by atoms with Crippen LogP contribution in [0.5, 0.6) is 0 Å². The molecule has 0 aliphatic rings. The Bertz CT molecular complexity index is 339. The molecule has 0 spiro atoms. The molecule has 0 amide bonds. The Morgan fingerprint density at radius 3 is 2.50 bits per heavy atom. The average molecular weight is 189 g/mol. The van der Waals surface area contributed by atoms with Crippen molar-refractivity contribution < 1.29 is 4.39 Å². The average Bonchev–Trinajstić information content (AvgIpc) is 2.26. The highest BCUT2D eigenvalue weighted by molar-refractivity contribution is 5.67. The van der Waals surface area contributed by atoms with Crippen molar-refractivity contribution in [3.63, 3.8) is 0 Å². The molecular weight excluding hydrogens is 175 g/mol. The van der Waals surface area contributed by atoms with Crippen LogP contribution in [0.4, 0.5) is 4.39 Å². The fraction of sp³-hybridized carbons (Fsp3) is 0.154. The van der Waals surface area contributed by atoms with E-state index in [1.54, 1.807) is 12.2 Å². The van der Waals surface area contributed by atoms with Gasteiger partial charge in [-0.25, -0.2) is 0 Å². The van der Waals surface area contributed by atoms with Crippen LogP contribution in [0.1, 0.15) is 22.6 Å². The standard InChI is InChI=1S/C13H14F/c1-4-11-7-6-8-13(10(3)9-14)12(11)5-2/h4-8,10H,1-3,9H2. The van der Waals surface area contributed by atoms with Crippen LogP contribution in [0.15, 0.2) is 31.4 Å².